The Balaban J connectivity index is 1.09. The largest absolute Gasteiger partial charge is 0.392 e. The van der Waals surface area contributed by atoms with Crippen molar-refractivity contribution in [3.63, 3.8) is 0 Å². The topological polar surface area (TPSA) is 111 Å². The number of tetrazole rings is 1. The van der Waals surface area contributed by atoms with Crippen molar-refractivity contribution in [2.45, 2.75) is 43.2 Å². The molecule has 246 valence electrons. The fourth-order valence-corrected chi connectivity index (χ4v) is 6.74. The first-order valence-electron chi connectivity index (χ1n) is 16.1. The smallest absolute Gasteiger partial charge is 0.251 e. The van der Waals surface area contributed by atoms with E-state index in [0.717, 1.165) is 39.1 Å². The van der Waals surface area contributed by atoms with Gasteiger partial charge in [-0.25, -0.2) is 0 Å². The molecule has 9 nitrogen and oxygen atoms in total. The van der Waals surface area contributed by atoms with Crippen molar-refractivity contribution >= 4 is 17.7 Å². The molecule has 1 aliphatic heterocycles. The van der Waals surface area contributed by atoms with Gasteiger partial charge in [0.05, 0.1) is 24.5 Å². The second-order valence-corrected chi connectivity index (χ2v) is 12.7. The lowest BCUT2D eigenvalue weighted by atomic mass is 9.97. The van der Waals surface area contributed by atoms with Crippen LogP contribution in [0.2, 0.25) is 0 Å². The number of aliphatic hydroxyl groups excluding tert-OH is 1. The third-order valence-electron chi connectivity index (χ3n) is 8.44. The average Bonchev–Trinajstić information content (AvgIpc) is 3.66. The van der Waals surface area contributed by atoms with Crippen molar-refractivity contribution in [3.8, 4) is 16.8 Å². The van der Waals surface area contributed by atoms with Crippen molar-refractivity contribution in [1.29, 1.82) is 0 Å². The lowest BCUT2D eigenvalue weighted by Gasteiger charge is -2.36. The first-order chi connectivity index (χ1) is 24.1. The van der Waals surface area contributed by atoms with Crippen LogP contribution in [0.15, 0.2) is 139 Å². The van der Waals surface area contributed by atoms with Crippen molar-refractivity contribution in [3.05, 3.63) is 161 Å². The van der Waals surface area contributed by atoms with Gasteiger partial charge in [-0.15, -0.1) is 5.10 Å². The van der Waals surface area contributed by atoms with Gasteiger partial charge in [0.15, 0.2) is 6.29 Å². The minimum Gasteiger partial charge on any atom is -0.392 e. The number of rotatable bonds is 11. The number of nitrogens with zero attached hydrogens (tertiary/aromatic N) is 4. The van der Waals surface area contributed by atoms with E-state index in [1.807, 2.05) is 103 Å². The fraction of sp³-hybridized carbons (Fsp3) is 0.179. The van der Waals surface area contributed by atoms with E-state index < -0.39 is 6.29 Å². The van der Waals surface area contributed by atoms with Crippen LogP contribution in [0.25, 0.3) is 16.8 Å². The van der Waals surface area contributed by atoms with Gasteiger partial charge in [-0.1, -0.05) is 121 Å². The lowest BCUT2D eigenvalue weighted by molar-refractivity contribution is -0.245. The predicted molar refractivity (Wildman–Crippen MR) is 188 cm³/mol. The Morgan fingerprint density at radius 1 is 0.816 bits per heavy atom. The summed E-state index contributed by atoms with van der Waals surface area (Å²) < 4.78 is 14.9. The quantitative estimate of drug-likeness (QED) is 0.141. The average molecular weight is 670 g/mol. The number of amides is 1. The number of hydrogen-bond acceptors (Lipinski definition) is 8. The van der Waals surface area contributed by atoms with Gasteiger partial charge in [-0.05, 0) is 62.5 Å². The molecule has 7 rings (SSSR count). The zero-order chi connectivity index (χ0) is 33.4. The van der Waals surface area contributed by atoms with Gasteiger partial charge in [0.1, 0.15) is 0 Å². The molecule has 0 aliphatic carbocycles. The van der Waals surface area contributed by atoms with Crippen LogP contribution in [-0.4, -0.2) is 43.1 Å². The summed E-state index contributed by atoms with van der Waals surface area (Å²) in [6.07, 6.45) is -0.312. The highest BCUT2D eigenvalue weighted by molar-refractivity contribution is 7.99. The molecule has 3 unspecified atom stereocenters. The monoisotopic (exact) mass is 669 g/mol. The summed E-state index contributed by atoms with van der Waals surface area (Å²) in [4.78, 5) is 12.7. The van der Waals surface area contributed by atoms with Gasteiger partial charge in [0.25, 0.3) is 5.91 Å². The molecule has 5 aromatic carbocycles. The van der Waals surface area contributed by atoms with Crippen LogP contribution in [0.1, 0.15) is 51.4 Å². The first-order valence-corrected chi connectivity index (χ1v) is 17.1. The van der Waals surface area contributed by atoms with Gasteiger partial charge in [0, 0.05) is 29.8 Å². The molecule has 1 saturated heterocycles. The van der Waals surface area contributed by atoms with Crippen LogP contribution in [0, 0.1) is 0 Å². The molecular formula is C39H35N5O4S. The van der Waals surface area contributed by atoms with E-state index in [1.165, 1.54) is 0 Å². The van der Waals surface area contributed by atoms with Gasteiger partial charge in [0.2, 0.25) is 5.16 Å². The Hall–Kier alpha value is -5.13. The molecule has 3 atom stereocenters. The Morgan fingerprint density at radius 3 is 2.27 bits per heavy atom. The highest BCUT2D eigenvalue weighted by atomic mass is 32.2. The van der Waals surface area contributed by atoms with E-state index in [0.29, 0.717) is 29.4 Å². The van der Waals surface area contributed by atoms with Crippen LogP contribution in [0.3, 0.4) is 0 Å². The van der Waals surface area contributed by atoms with E-state index in [4.69, 9.17) is 9.47 Å². The first kappa shape index (κ1) is 32.4. The van der Waals surface area contributed by atoms with Crippen molar-refractivity contribution in [1.82, 2.24) is 25.5 Å². The summed E-state index contributed by atoms with van der Waals surface area (Å²) >= 11 is 1.55. The van der Waals surface area contributed by atoms with Crippen LogP contribution in [0.5, 0.6) is 0 Å². The maximum absolute atomic E-state index is 12.7. The zero-order valence-electron chi connectivity index (χ0n) is 26.6. The summed E-state index contributed by atoms with van der Waals surface area (Å²) in [5.74, 6) is 0.514. The molecule has 2 heterocycles. The number of hydrogen-bond donors (Lipinski definition) is 2. The maximum atomic E-state index is 12.7. The van der Waals surface area contributed by atoms with Crippen LogP contribution < -0.4 is 5.32 Å². The minimum atomic E-state index is -0.596. The molecule has 1 amide bonds. The molecule has 1 aromatic heterocycles. The van der Waals surface area contributed by atoms with E-state index in [1.54, 1.807) is 28.6 Å². The summed E-state index contributed by atoms with van der Waals surface area (Å²) in [7, 11) is 0. The number of aliphatic hydroxyl groups is 1. The Morgan fingerprint density at radius 2 is 1.51 bits per heavy atom. The molecule has 10 heteroatoms. The standard InChI is InChI=1S/C39H35N5O4S/c45-25-27-15-17-29(18-16-27)36-23-34(26-49-39-41-42-43-44(39)33-12-5-2-6-13-33)47-38(48-36)31-21-19-28(20-22-31)35-14-8-7-11-32(35)24-40-37(46)30-9-3-1-4-10-30/h1-22,34,36,38,45H,23-26H2,(H,40,46). The van der Waals surface area contributed by atoms with E-state index in [-0.39, 0.29) is 24.7 Å². The van der Waals surface area contributed by atoms with E-state index in [2.05, 4.69) is 39.0 Å². The van der Waals surface area contributed by atoms with Crippen LogP contribution in [-0.2, 0) is 22.6 Å². The molecule has 0 radical (unpaired) electrons. The molecule has 6 aromatic rings. The molecule has 1 aliphatic rings. The molecule has 0 bridgehead atoms. The number of nitrogens with one attached hydrogen (secondary N) is 1. The molecule has 1 fully saturated rings. The van der Waals surface area contributed by atoms with Crippen molar-refractivity contribution in [2.75, 3.05) is 5.75 Å². The molecular weight excluding hydrogens is 635 g/mol. The molecule has 0 spiro atoms. The highest BCUT2D eigenvalue weighted by Crippen LogP contribution is 2.40. The SMILES string of the molecule is O=C(NCc1ccccc1-c1ccc(C2OC(CSc3nnnn3-c3ccccc3)CC(c3ccc(CO)cc3)O2)cc1)c1ccccc1. The van der Waals surface area contributed by atoms with Crippen LogP contribution >= 0.6 is 11.8 Å². The van der Waals surface area contributed by atoms with Gasteiger partial charge >= 0.3 is 0 Å². The fourth-order valence-electron chi connectivity index (χ4n) is 5.83. The third-order valence-corrected chi connectivity index (χ3v) is 9.49. The minimum absolute atomic E-state index is 0.0121. The molecule has 0 saturated carbocycles. The second kappa shape index (κ2) is 15.4. The van der Waals surface area contributed by atoms with Gasteiger partial charge in [-0.2, -0.15) is 4.68 Å². The maximum Gasteiger partial charge on any atom is 0.251 e. The lowest BCUT2D eigenvalue weighted by Crippen LogP contribution is -2.31. The number of aromatic nitrogens is 4. The Kier molecular flexibility index (Phi) is 10.2. The number of thioether (sulfide) groups is 1. The Labute approximate surface area is 288 Å². The van der Waals surface area contributed by atoms with Gasteiger partial charge < -0.3 is 19.9 Å². The van der Waals surface area contributed by atoms with E-state index in [9.17, 15) is 9.90 Å². The van der Waals surface area contributed by atoms with E-state index >= 15 is 0 Å². The third kappa shape index (κ3) is 7.79. The summed E-state index contributed by atoms with van der Waals surface area (Å²) in [5.41, 5.74) is 7.39. The van der Waals surface area contributed by atoms with Gasteiger partial charge in [-0.3, -0.25) is 4.79 Å². The molecule has 2 N–H and O–H groups in total. The molecule has 49 heavy (non-hydrogen) atoms. The summed E-state index contributed by atoms with van der Waals surface area (Å²) in [5, 5.41) is 25.7. The second-order valence-electron chi connectivity index (χ2n) is 11.7. The Bertz CT molecular complexity index is 1970. The number of para-hydroxylation sites is 1. The summed E-state index contributed by atoms with van der Waals surface area (Å²) in [6, 6.07) is 43.2. The normalized spacial score (nSPS) is 17.4. The van der Waals surface area contributed by atoms with Crippen molar-refractivity contribution in [2.24, 2.45) is 0 Å². The number of carbonyl (C=O) groups is 1. The van der Waals surface area contributed by atoms with Crippen LogP contribution in [0.4, 0.5) is 0 Å². The predicted octanol–water partition coefficient (Wildman–Crippen LogP) is 7.09. The number of ether oxygens (including phenoxy) is 2. The number of carbonyl (C=O) groups excluding carboxylic acids is 1. The van der Waals surface area contributed by atoms with Crippen molar-refractivity contribution < 1.29 is 19.4 Å². The zero-order valence-corrected chi connectivity index (χ0v) is 27.4. The highest BCUT2D eigenvalue weighted by Gasteiger charge is 2.32. The number of benzene rings is 5. The summed E-state index contributed by atoms with van der Waals surface area (Å²) in [6.45, 7) is 0.395.